The molecule has 0 fully saturated rings. The standard InChI is InChI=1S/C19H29IN2O3/c1-8-15(23)22(13-10-9-11-14(25-7)16(13)20)17(12(2)3)18(24)21-19(4,5)6/h9-12,17H,8H2,1-7H3,(H,21,24). The van der Waals surface area contributed by atoms with Gasteiger partial charge in [-0.2, -0.15) is 0 Å². The maximum atomic E-state index is 13.0. The molecule has 5 nitrogen and oxygen atoms in total. The Morgan fingerprint density at radius 1 is 1.28 bits per heavy atom. The van der Waals surface area contributed by atoms with Crippen LogP contribution in [0.3, 0.4) is 0 Å². The number of carbonyl (C=O) groups is 2. The molecule has 1 atom stereocenters. The molecule has 1 rings (SSSR count). The summed E-state index contributed by atoms with van der Waals surface area (Å²) in [5.74, 6) is 0.405. The van der Waals surface area contributed by atoms with Gasteiger partial charge in [0.05, 0.1) is 16.4 Å². The van der Waals surface area contributed by atoms with Crippen molar-refractivity contribution in [1.82, 2.24) is 5.32 Å². The monoisotopic (exact) mass is 460 g/mol. The van der Waals surface area contributed by atoms with E-state index in [0.29, 0.717) is 17.9 Å². The molecule has 0 aliphatic heterocycles. The quantitative estimate of drug-likeness (QED) is 0.654. The normalized spacial score (nSPS) is 12.7. The van der Waals surface area contributed by atoms with Crippen molar-refractivity contribution in [3.05, 3.63) is 21.8 Å². The number of amides is 2. The van der Waals surface area contributed by atoms with Crippen LogP contribution in [0.15, 0.2) is 18.2 Å². The fourth-order valence-electron chi connectivity index (χ4n) is 2.61. The van der Waals surface area contributed by atoms with Gasteiger partial charge in [-0.15, -0.1) is 0 Å². The van der Waals surface area contributed by atoms with E-state index < -0.39 is 6.04 Å². The van der Waals surface area contributed by atoms with Crippen LogP contribution in [0.2, 0.25) is 0 Å². The first-order chi connectivity index (χ1) is 11.5. The molecule has 140 valence electrons. The molecule has 0 heterocycles. The van der Waals surface area contributed by atoms with E-state index in [1.54, 1.807) is 18.9 Å². The van der Waals surface area contributed by atoms with Gasteiger partial charge in [-0.3, -0.25) is 14.5 Å². The predicted octanol–water partition coefficient (Wildman–Crippen LogP) is 3.98. The first-order valence-corrected chi connectivity index (χ1v) is 9.58. The average Bonchev–Trinajstić information content (AvgIpc) is 2.50. The van der Waals surface area contributed by atoms with Crippen molar-refractivity contribution in [1.29, 1.82) is 0 Å². The van der Waals surface area contributed by atoms with Gasteiger partial charge in [-0.05, 0) is 61.4 Å². The second-order valence-electron chi connectivity index (χ2n) is 7.34. The highest BCUT2D eigenvalue weighted by atomic mass is 127. The average molecular weight is 460 g/mol. The third-order valence-electron chi connectivity index (χ3n) is 3.67. The maximum Gasteiger partial charge on any atom is 0.243 e. The number of hydrogen-bond donors (Lipinski definition) is 1. The number of benzene rings is 1. The SMILES string of the molecule is CCC(=O)N(c1cccc(OC)c1I)C(C(=O)NC(C)(C)C)C(C)C. The van der Waals surface area contributed by atoms with Crippen molar-refractivity contribution < 1.29 is 14.3 Å². The zero-order valence-electron chi connectivity index (χ0n) is 16.1. The summed E-state index contributed by atoms with van der Waals surface area (Å²) >= 11 is 2.16. The fourth-order valence-corrected chi connectivity index (χ4v) is 3.45. The highest BCUT2D eigenvalue weighted by Crippen LogP contribution is 2.33. The van der Waals surface area contributed by atoms with Gasteiger partial charge in [-0.25, -0.2) is 0 Å². The van der Waals surface area contributed by atoms with E-state index in [0.717, 1.165) is 3.57 Å². The molecule has 0 saturated heterocycles. The van der Waals surface area contributed by atoms with Crippen LogP contribution in [0.1, 0.15) is 48.0 Å². The number of carbonyl (C=O) groups excluding carboxylic acids is 2. The van der Waals surface area contributed by atoms with E-state index >= 15 is 0 Å². The predicted molar refractivity (Wildman–Crippen MR) is 110 cm³/mol. The number of nitrogens with zero attached hydrogens (tertiary/aromatic N) is 1. The lowest BCUT2D eigenvalue weighted by molar-refractivity contribution is -0.128. The molecular formula is C19H29IN2O3. The lowest BCUT2D eigenvalue weighted by Crippen LogP contribution is -2.56. The minimum atomic E-state index is -0.590. The first kappa shape index (κ1) is 21.7. The first-order valence-electron chi connectivity index (χ1n) is 8.50. The van der Waals surface area contributed by atoms with E-state index in [2.05, 4.69) is 27.9 Å². The van der Waals surface area contributed by atoms with Gasteiger partial charge in [0.15, 0.2) is 0 Å². The highest BCUT2D eigenvalue weighted by molar-refractivity contribution is 14.1. The topological polar surface area (TPSA) is 58.6 Å². The fraction of sp³-hybridized carbons (Fsp3) is 0.579. The Balaban J connectivity index is 3.46. The largest absolute Gasteiger partial charge is 0.496 e. The lowest BCUT2D eigenvalue weighted by atomic mass is 9.98. The van der Waals surface area contributed by atoms with Crippen molar-refractivity contribution in [2.75, 3.05) is 12.0 Å². The highest BCUT2D eigenvalue weighted by Gasteiger charge is 2.35. The Bertz CT molecular complexity index is 624. The second-order valence-corrected chi connectivity index (χ2v) is 8.42. The number of ether oxygens (including phenoxy) is 1. The molecule has 0 spiro atoms. The van der Waals surface area contributed by atoms with Gasteiger partial charge in [-0.1, -0.05) is 26.8 Å². The van der Waals surface area contributed by atoms with Crippen LogP contribution in [0.4, 0.5) is 5.69 Å². The van der Waals surface area contributed by atoms with Crippen LogP contribution >= 0.6 is 22.6 Å². The smallest absolute Gasteiger partial charge is 0.243 e. The number of rotatable bonds is 6. The number of methoxy groups -OCH3 is 1. The molecule has 0 aliphatic rings. The molecule has 0 saturated carbocycles. The molecular weight excluding hydrogens is 431 g/mol. The minimum Gasteiger partial charge on any atom is -0.496 e. The van der Waals surface area contributed by atoms with E-state index in [4.69, 9.17) is 4.74 Å². The van der Waals surface area contributed by atoms with Crippen molar-refractivity contribution in [3.63, 3.8) is 0 Å². The molecule has 1 unspecified atom stereocenters. The van der Waals surface area contributed by atoms with Crippen LogP contribution in [-0.4, -0.2) is 30.5 Å². The van der Waals surface area contributed by atoms with Gasteiger partial charge < -0.3 is 10.1 Å². The molecule has 0 aromatic heterocycles. The maximum absolute atomic E-state index is 13.0. The van der Waals surface area contributed by atoms with Crippen LogP contribution < -0.4 is 15.0 Å². The van der Waals surface area contributed by atoms with Gasteiger partial charge in [0.2, 0.25) is 11.8 Å². The van der Waals surface area contributed by atoms with E-state index in [1.807, 2.05) is 52.8 Å². The van der Waals surface area contributed by atoms with Crippen molar-refractivity contribution in [2.24, 2.45) is 5.92 Å². The van der Waals surface area contributed by atoms with Crippen LogP contribution in [-0.2, 0) is 9.59 Å². The summed E-state index contributed by atoms with van der Waals surface area (Å²) in [6.07, 6.45) is 0.319. The van der Waals surface area contributed by atoms with Crippen molar-refractivity contribution in [3.8, 4) is 5.75 Å². The third kappa shape index (κ3) is 5.59. The summed E-state index contributed by atoms with van der Waals surface area (Å²) < 4.78 is 6.20. The molecule has 6 heteroatoms. The van der Waals surface area contributed by atoms with Gasteiger partial charge in [0.1, 0.15) is 11.8 Å². The van der Waals surface area contributed by atoms with Crippen LogP contribution in [0.25, 0.3) is 0 Å². The Kier molecular flexibility index (Phi) is 7.71. The molecule has 25 heavy (non-hydrogen) atoms. The summed E-state index contributed by atoms with van der Waals surface area (Å²) in [7, 11) is 1.60. The molecule has 0 bridgehead atoms. The number of nitrogens with one attached hydrogen (secondary N) is 1. The van der Waals surface area contributed by atoms with Gasteiger partial charge in [0.25, 0.3) is 0 Å². The van der Waals surface area contributed by atoms with Crippen molar-refractivity contribution in [2.45, 2.75) is 59.5 Å². The molecule has 1 N–H and O–H groups in total. The molecule has 2 amide bonds. The van der Waals surface area contributed by atoms with Crippen LogP contribution in [0, 0.1) is 9.49 Å². The van der Waals surface area contributed by atoms with Crippen molar-refractivity contribution >= 4 is 40.1 Å². The minimum absolute atomic E-state index is 0.0418. The molecule has 1 aromatic rings. The zero-order chi connectivity index (χ0) is 19.4. The van der Waals surface area contributed by atoms with Crippen LogP contribution in [0.5, 0.6) is 5.75 Å². The number of anilines is 1. The van der Waals surface area contributed by atoms with E-state index in [-0.39, 0.29) is 23.3 Å². The Morgan fingerprint density at radius 2 is 1.88 bits per heavy atom. The number of halogens is 1. The van der Waals surface area contributed by atoms with Gasteiger partial charge >= 0.3 is 0 Å². The summed E-state index contributed by atoms with van der Waals surface area (Å²) in [6, 6.07) is 4.95. The van der Waals surface area contributed by atoms with Gasteiger partial charge in [0, 0.05) is 12.0 Å². The Hall–Kier alpha value is -1.31. The Morgan fingerprint density at radius 3 is 2.32 bits per heavy atom. The Labute approximate surface area is 164 Å². The molecule has 0 radical (unpaired) electrons. The second kappa shape index (κ2) is 8.87. The summed E-state index contributed by atoms with van der Waals surface area (Å²) in [5, 5.41) is 3.01. The molecule has 0 aliphatic carbocycles. The summed E-state index contributed by atoms with van der Waals surface area (Å²) in [4.78, 5) is 27.4. The lowest BCUT2D eigenvalue weighted by Gasteiger charge is -2.36. The zero-order valence-corrected chi connectivity index (χ0v) is 18.3. The number of hydrogen-bond acceptors (Lipinski definition) is 3. The summed E-state index contributed by atoms with van der Waals surface area (Å²) in [5.41, 5.74) is 0.335. The van der Waals surface area contributed by atoms with E-state index in [9.17, 15) is 9.59 Å². The summed E-state index contributed by atoms with van der Waals surface area (Å²) in [6.45, 7) is 11.5. The molecule has 1 aromatic carbocycles. The van der Waals surface area contributed by atoms with E-state index in [1.165, 1.54) is 0 Å². The third-order valence-corrected chi connectivity index (χ3v) is 4.75.